The van der Waals surface area contributed by atoms with Crippen LogP contribution in [0.4, 0.5) is 5.69 Å². The third-order valence-electron chi connectivity index (χ3n) is 6.12. The number of fused-ring (bicyclic) bond motifs is 1. The summed E-state index contributed by atoms with van der Waals surface area (Å²) in [5, 5.41) is 10.8. The summed E-state index contributed by atoms with van der Waals surface area (Å²) in [6.07, 6.45) is -0.375. The lowest BCUT2D eigenvalue weighted by Gasteiger charge is -2.19. The van der Waals surface area contributed by atoms with E-state index in [0.717, 1.165) is 22.5 Å². The number of benzene rings is 3. The highest BCUT2D eigenvalue weighted by Crippen LogP contribution is 2.34. The van der Waals surface area contributed by atoms with E-state index in [1.807, 2.05) is 83.4 Å². The number of imidazole rings is 1. The molecule has 2 unspecified atom stereocenters. The van der Waals surface area contributed by atoms with Crippen molar-refractivity contribution in [2.45, 2.75) is 25.0 Å². The van der Waals surface area contributed by atoms with Crippen LogP contribution in [0.15, 0.2) is 78.9 Å². The number of para-hydroxylation sites is 3. The highest BCUT2D eigenvalue weighted by molar-refractivity contribution is 5.96. The van der Waals surface area contributed by atoms with Crippen LogP contribution in [-0.4, -0.2) is 46.9 Å². The number of hydrogen-bond donors (Lipinski definition) is 1. The van der Waals surface area contributed by atoms with Crippen LogP contribution in [0, 0.1) is 0 Å². The molecule has 1 fully saturated rings. The summed E-state index contributed by atoms with van der Waals surface area (Å²) in [5.41, 5.74) is 2.59. The maximum Gasteiger partial charge on any atom is 0.227 e. The topological polar surface area (TPSA) is 76.8 Å². The first-order valence-electron chi connectivity index (χ1n) is 11.4. The van der Waals surface area contributed by atoms with Crippen LogP contribution in [0.3, 0.4) is 0 Å². The molecule has 1 aliphatic rings. The normalized spacial score (nSPS) is 16.7. The van der Waals surface area contributed by atoms with Gasteiger partial charge in [-0.25, -0.2) is 4.98 Å². The van der Waals surface area contributed by atoms with Gasteiger partial charge in [-0.2, -0.15) is 0 Å². The van der Waals surface area contributed by atoms with Gasteiger partial charge in [-0.1, -0.05) is 36.4 Å². The van der Waals surface area contributed by atoms with Crippen LogP contribution in [-0.2, 0) is 11.3 Å². The minimum atomic E-state index is -0.733. The molecule has 34 heavy (non-hydrogen) atoms. The van der Waals surface area contributed by atoms with Crippen molar-refractivity contribution in [2.75, 3.05) is 25.2 Å². The monoisotopic (exact) mass is 457 g/mol. The molecule has 5 rings (SSSR count). The minimum Gasteiger partial charge on any atom is -0.497 e. The number of aliphatic hydroxyl groups is 1. The Labute approximate surface area is 198 Å². The van der Waals surface area contributed by atoms with Crippen molar-refractivity contribution in [2.24, 2.45) is 0 Å². The van der Waals surface area contributed by atoms with Gasteiger partial charge in [-0.05, 0) is 36.4 Å². The van der Waals surface area contributed by atoms with Crippen molar-refractivity contribution < 1.29 is 19.4 Å². The van der Waals surface area contributed by atoms with Crippen molar-refractivity contribution >= 4 is 22.6 Å². The number of nitrogens with zero attached hydrogens (tertiary/aromatic N) is 3. The number of aliphatic hydroxyl groups excluding tert-OH is 1. The highest BCUT2D eigenvalue weighted by atomic mass is 16.5. The lowest BCUT2D eigenvalue weighted by Crippen LogP contribution is -2.26. The molecular weight excluding hydrogens is 430 g/mol. The SMILES string of the molecule is COc1cccc(N2CC(c3nc4ccccc4n3CC(O)COc3ccccc3)CC2=O)c1. The second-order valence-electron chi connectivity index (χ2n) is 8.45. The average Bonchev–Trinajstić information content (AvgIpc) is 3.44. The van der Waals surface area contributed by atoms with Gasteiger partial charge in [0.25, 0.3) is 0 Å². The molecule has 0 aliphatic carbocycles. The number of carbonyl (C=O) groups excluding carboxylic acids is 1. The molecule has 0 bridgehead atoms. The molecule has 174 valence electrons. The number of ether oxygens (including phenoxy) is 2. The van der Waals surface area contributed by atoms with Crippen LogP contribution in [0.2, 0.25) is 0 Å². The molecule has 1 saturated heterocycles. The zero-order chi connectivity index (χ0) is 23.5. The number of carbonyl (C=O) groups is 1. The summed E-state index contributed by atoms with van der Waals surface area (Å²) in [4.78, 5) is 19.6. The quantitative estimate of drug-likeness (QED) is 0.433. The summed E-state index contributed by atoms with van der Waals surface area (Å²) in [6, 6.07) is 24.8. The molecule has 1 aromatic heterocycles. The number of methoxy groups -OCH3 is 1. The van der Waals surface area contributed by atoms with E-state index in [4.69, 9.17) is 14.5 Å². The fourth-order valence-electron chi connectivity index (χ4n) is 4.48. The number of hydrogen-bond acceptors (Lipinski definition) is 5. The zero-order valence-electron chi connectivity index (χ0n) is 19.0. The standard InChI is InChI=1S/C27H27N3O4/c1-33-23-11-7-8-20(15-23)29-16-19(14-26(29)32)27-28-24-12-5-6-13-25(24)30(27)17-21(31)18-34-22-9-3-2-4-10-22/h2-13,15,19,21,31H,14,16-18H2,1H3. The molecule has 1 aliphatic heterocycles. The number of anilines is 1. The summed E-state index contributed by atoms with van der Waals surface area (Å²) >= 11 is 0. The first-order valence-corrected chi connectivity index (χ1v) is 11.4. The van der Waals surface area contributed by atoms with Crippen molar-refractivity contribution in [3.05, 3.63) is 84.7 Å². The van der Waals surface area contributed by atoms with Crippen molar-refractivity contribution in [3.8, 4) is 11.5 Å². The summed E-state index contributed by atoms with van der Waals surface area (Å²) in [7, 11) is 1.61. The van der Waals surface area contributed by atoms with Gasteiger partial charge >= 0.3 is 0 Å². The Balaban J connectivity index is 1.39. The van der Waals surface area contributed by atoms with E-state index in [1.54, 1.807) is 12.0 Å². The van der Waals surface area contributed by atoms with Crippen molar-refractivity contribution in [1.29, 1.82) is 0 Å². The van der Waals surface area contributed by atoms with Gasteiger partial charge < -0.3 is 24.0 Å². The van der Waals surface area contributed by atoms with E-state index in [0.29, 0.717) is 31.0 Å². The Morgan fingerprint density at radius 1 is 1.03 bits per heavy atom. The van der Waals surface area contributed by atoms with Gasteiger partial charge in [0.1, 0.15) is 30.0 Å². The Morgan fingerprint density at radius 2 is 1.79 bits per heavy atom. The Morgan fingerprint density at radius 3 is 2.62 bits per heavy atom. The molecular formula is C27H27N3O4. The van der Waals surface area contributed by atoms with Gasteiger partial charge in [0.15, 0.2) is 0 Å². The Kier molecular flexibility index (Phi) is 6.18. The van der Waals surface area contributed by atoms with Crippen LogP contribution >= 0.6 is 0 Å². The first-order chi connectivity index (χ1) is 16.6. The third kappa shape index (κ3) is 4.47. The first kappa shape index (κ1) is 22.0. The highest BCUT2D eigenvalue weighted by Gasteiger charge is 2.35. The van der Waals surface area contributed by atoms with Crippen LogP contribution in [0.1, 0.15) is 18.2 Å². The fraction of sp³-hybridized carbons (Fsp3) is 0.259. The Bertz CT molecular complexity index is 1290. The molecule has 0 radical (unpaired) electrons. The van der Waals surface area contributed by atoms with Crippen LogP contribution in [0.5, 0.6) is 11.5 Å². The number of amides is 1. The van der Waals surface area contributed by atoms with E-state index >= 15 is 0 Å². The lowest BCUT2D eigenvalue weighted by atomic mass is 10.1. The lowest BCUT2D eigenvalue weighted by molar-refractivity contribution is -0.117. The molecule has 2 heterocycles. The molecule has 1 N–H and O–H groups in total. The van der Waals surface area contributed by atoms with Gasteiger partial charge in [-0.15, -0.1) is 0 Å². The van der Waals surface area contributed by atoms with Gasteiger partial charge in [-0.3, -0.25) is 4.79 Å². The summed E-state index contributed by atoms with van der Waals surface area (Å²) in [5.74, 6) is 2.19. The largest absolute Gasteiger partial charge is 0.497 e. The van der Waals surface area contributed by atoms with Crippen LogP contribution in [0.25, 0.3) is 11.0 Å². The average molecular weight is 458 g/mol. The second-order valence-corrected chi connectivity index (χ2v) is 8.45. The van der Waals surface area contributed by atoms with E-state index in [-0.39, 0.29) is 18.4 Å². The van der Waals surface area contributed by atoms with Crippen LogP contribution < -0.4 is 14.4 Å². The van der Waals surface area contributed by atoms with Gasteiger partial charge in [0, 0.05) is 30.6 Å². The molecule has 3 aromatic carbocycles. The second kappa shape index (κ2) is 9.57. The number of rotatable bonds is 8. The predicted octanol–water partition coefficient (Wildman–Crippen LogP) is 4.01. The molecule has 0 spiro atoms. The Hall–Kier alpha value is -3.84. The molecule has 2 atom stereocenters. The summed E-state index contributed by atoms with van der Waals surface area (Å²) < 4.78 is 13.1. The van der Waals surface area contributed by atoms with E-state index < -0.39 is 6.10 Å². The van der Waals surface area contributed by atoms with Gasteiger partial charge in [0.05, 0.1) is 24.7 Å². The summed E-state index contributed by atoms with van der Waals surface area (Å²) in [6.45, 7) is 1.01. The molecule has 0 saturated carbocycles. The van der Waals surface area contributed by atoms with Crippen molar-refractivity contribution in [1.82, 2.24) is 9.55 Å². The molecule has 7 heteroatoms. The van der Waals surface area contributed by atoms with E-state index in [2.05, 4.69) is 0 Å². The van der Waals surface area contributed by atoms with E-state index in [1.165, 1.54) is 0 Å². The predicted molar refractivity (Wildman–Crippen MR) is 130 cm³/mol. The molecule has 4 aromatic rings. The third-order valence-corrected chi connectivity index (χ3v) is 6.12. The minimum absolute atomic E-state index is 0.0461. The van der Waals surface area contributed by atoms with E-state index in [9.17, 15) is 9.90 Å². The van der Waals surface area contributed by atoms with Crippen molar-refractivity contribution in [3.63, 3.8) is 0 Å². The molecule has 1 amide bonds. The van der Waals surface area contributed by atoms with Gasteiger partial charge in [0.2, 0.25) is 5.91 Å². The molecule has 7 nitrogen and oxygen atoms in total. The number of aromatic nitrogens is 2. The maximum atomic E-state index is 12.9. The smallest absolute Gasteiger partial charge is 0.227 e. The maximum absolute atomic E-state index is 12.9. The fourth-order valence-corrected chi connectivity index (χ4v) is 4.48. The zero-order valence-corrected chi connectivity index (χ0v) is 19.0.